The van der Waals surface area contributed by atoms with Crippen molar-refractivity contribution in [2.45, 2.75) is 0 Å². The van der Waals surface area contributed by atoms with Crippen LogP contribution >= 0.6 is 0 Å². The molecular weight excluding hydrogens is 1070 g/mol. The Morgan fingerprint density at radius 2 is 1.15 bits per heavy atom. The second-order valence-electron chi connectivity index (χ2n) is 0.962. The summed E-state index contributed by atoms with van der Waals surface area (Å²) in [6, 6.07) is 10.0. The van der Waals surface area contributed by atoms with Gasteiger partial charge in [-0.3, -0.25) is 0 Å². The molecule has 0 atom stereocenters. The molecule has 1 rings (SSSR count). The second kappa shape index (κ2) is 44.2. The summed E-state index contributed by atoms with van der Waals surface area (Å²) in [7, 11) is 0. The van der Waals surface area contributed by atoms with Gasteiger partial charge in [-0.15, -0.1) is 0 Å². The first kappa shape index (κ1) is 36.0. The van der Waals surface area contributed by atoms with Gasteiger partial charge in [0.2, 0.25) is 0 Å². The molecule has 7 heteroatoms. The molecule has 0 aliphatic rings. The van der Waals surface area contributed by atoms with E-state index >= 15 is 0 Å². The summed E-state index contributed by atoms with van der Waals surface area (Å²) in [6.45, 7) is 0. The van der Waals surface area contributed by atoms with Crippen LogP contribution in [0.25, 0.3) is 0 Å². The first-order chi connectivity index (χ1) is 4.50. The number of rotatable bonds is 0. The average molecular weight is 1080 g/mol. The van der Waals surface area contributed by atoms with Gasteiger partial charge < -0.3 is 24.8 Å². The van der Waals surface area contributed by atoms with Crippen molar-refractivity contribution in [1.29, 1.82) is 0 Å². The molecule has 1 aromatic rings. The predicted octanol–water partition coefficient (Wildman–Crippen LogP) is -6.54. The zero-order valence-corrected chi connectivity index (χ0v) is 24.9. The normalized spacial score (nSPS) is 3.69. The smallest absolute Gasteiger partial charge is 1.00 e. The van der Waals surface area contributed by atoms with Gasteiger partial charge in [-0.2, -0.15) is 18.2 Å². The summed E-state index contributed by atoms with van der Waals surface area (Å²) in [5.41, 5.74) is 0. The fraction of sp³-hybridized carbons (Fsp3) is 0. The maximum Gasteiger partial charge on any atom is 4.00 e. The Labute approximate surface area is 170 Å². The third-order valence-corrected chi connectivity index (χ3v) is 0.556. The van der Waals surface area contributed by atoms with Crippen molar-refractivity contribution < 1.29 is 51.0 Å². The second-order valence-corrected chi connectivity index (χ2v) is 0.962. The van der Waals surface area contributed by atoms with Crippen molar-refractivity contribution in [3.8, 4) is 0 Å². The van der Waals surface area contributed by atoms with Gasteiger partial charge in [-0.05, 0) is 0 Å². The van der Waals surface area contributed by atoms with Crippen LogP contribution in [0.3, 0.4) is 0 Å². The van der Waals surface area contributed by atoms with Gasteiger partial charge in [0.1, 0.15) is 0 Å². The molecule has 0 saturated heterocycles. The molecule has 69 valence electrons. The summed E-state index contributed by atoms with van der Waals surface area (Å²) >= 11 is 4.06. The van der Waals surface area contributed by atoms with E-state index in [1.54, 1.807) is 38.5 Å². The van der Waals surface area contributed by atoms with Crippen molar-refractivity contribution in [3.05, 3.63) is 30.3 Å². The maximum absolute atomic E-state index is 4.61. The zero-order valence-electron chi connectivity index (χ0n) is 6.56. The molecule has 0 bridgehead atoms. The Hall–Kier alpha value is 4.22. The fourth-order valence-corrected chi connectivity index (χ4v) is 0.321. The molecule has 0 spiro atoms. The largest absolute Gasteiger partial charge is 4.00 e. The minimum Gasteiger partial charge on any atom is -1.00 e. The number of hydrogen-bond acceptors (Lipinski definition) is 0. The number of hydrogen-bond donors (Lipinski definition) is 0. The Balaban J connectivity index is -0.0000000141. The first-order valence-electron chi connectivity index (χ1n) is 2.12. The van der Waals surface area contributed by atoms with E-state index in [1.807, 2.05) is 30.3 Å². The van der Waals surface area contributed by atoms with Crippen LogP contribution in [0.1, 0.15) is 0 Å². The first-order valence-corrected chi connectivity index (χ1v) is 19.3. The van der Waals surface area contributed by atoms with Crippen molar-refractivity contribution in [3.63, 3.8) is 0 Å². The molecule has 0 aromatic heterocycles. The Morgan fingerprint density at radius 3 is 1.23 bits per heavy atom. The van der Waals surface area contributed by atoms with Crippen LogP contribution in [0.2, 0.25) is 0 Å². The molecule has 0 aliphatic heterocycles. The van der Waals surface area contributed by atoms with Gasteiger partial charge in [0.25, 0.3) is 0 Å². The molecule has 0 aliphatic carbocycles. The topological polar surface area (TPSA) is 0 Å². The van der Waals surface area contributed by atoms with Crippen molar-refractivity contribution in [2.24, 2.45) is 0 Å². The third kappa shape index (κ3) is 38.6. The van der Waals surface area contributed by atoms with Crippen LogP contribution in [0, 0.1) is 0 Å². The van der Waals surface area contributed by atoms with Crippen molar-refractivity contribution >= 4 is 93.2 Å². The van der Waals surface area contributed by atoms with Gasteiger partial charge in [0.15, 0.2) is 0 Å². The average Bonchev–Trinajstić information content (AvgIpc) is 2.51. The summed E-state index contributed by atoms with van der Waals surface area (Å²) in [4.78, 5) is 0. The van der Waals surface area contributed by atoms with Crippen molar-refractivity contribution in [2.75, 3.05) is 0 Å². The SMILES string of the molecule is [BiH].[Bi]=[Bi].[CH-]=[Bi].[Cl-].[Cl-].[Zr+4].c1cc[cH-]c1. The quantitative estimate of drug-likeness (QED) is 0.180. The Morgan fingerprint density at radius 1 is 0.923 bits per heavy atom. The van der Waals surface area contributed by atoms with Crippen LogP contribution in [0.5, 0.6) is 0 Å². The van der Waals surface area contributed by atoms with E-state index in [2.05, 4.69) is 4.21 Å². The molecule has 0 N–H and O–H groups in total. The summed E-state index contributed by atoms with van der Waals surface area (Å²) in [6.07, 6.45) is 0. The van der Waals surface area contributed by atoms with Crippen molar-refractivity contribution in [1.82, 2.24) is 0 Å². The molecule has 0 nitrogen and oxygen atoms in total. The zero-order chi connectivity index (χ0) is 7.54. The molecule has 0 unspecified atom stereocenters. The maximum atomic E-state index is 4.61. The van der Waals surface area contributed by atoms with Crippen LogP contribution < -0.4 is 24.8 Å². The van der Waals surface area contributed by atoms with Crippen LogP contribution in [-0.4, -0.2) is 93.2 Å². The summed E-state index contributed by atoms with van der Waals surface area (Å²) in [5.74, 6) is 0. The van der Waals surface area contributed by atoms with Crippen LogP contribution in [0.15, 0.2) is 30.3 Å². The van der Waals surface area contributed by atoms with Crippen LogP contribution in [-0.2, 0) is 26.2 Å². The summed E-state index contributed by atoms with van der Waals surface area (Å²) < 4.78 is 4.61. The molecular formula is C6H7Bi4Cl2Zr. The molecule has 0 fully saturated rings. The third-order valence-electron chi connectivity index (χ3n) is 0.556. The van der Waals surface area contributed by atoms with E-state index in [9.17, 15) is 0 Å². The van der Waals surface area contributed by atoms with E-state index in [1.165, 1.54) is 0 Å². The predicted molar refractivity (Wildman–Crippen MR) is 52.5 cm³/mol. The molecule has 5 radical (unpaired) electrons. The Bertz CT molecular complexity index is 98.2. The molecule has 0 heterocycles. The fourth-order valence-electron chi connectivity index (χ4n) is 0.321. The number of halogens is 2. The standard InChI is InChI=1S/C5H5.CH.4Bi.2ClH.Zr.H/c1-2-4-5-3-1;;;;;;;;;/h1-5H;1H;;;;;2*1H;;/q2*-1;;;;;;;+4;/p-2. The molecule has 13 heavy (non-hydrogen) atoms. The van der Waals surface area contributed by atoms with E-state index in [0.29, 0.717) is 0 Å². The Kier molecular flexibility index (Phi) is 122. The van der Waals surface area contributed by atoms with E-state index in [0.717, 1.165) is 24.2 Å². The molecule has 1 aromatic carbocycles. The molecule has 0 amide bonds. The van der Waals surface area contributed by atoms with E-state index < -0.39 is 0 Å². The monoisotopic (exact) mass is 1070 g/mol. The van der Waals surface area contributed by atoms with Gasteiger partial charge in [0.05, 0.1) is 0 Å². The van der Waals surface area contributed by atoms with Gasteiger partial charge in [0, 0.05) is 0 Å². The molecule has 0 saturated carbocycles. The van der Waals surface area contributed by atoms with E-state index in [-0.39, 0.29) is 77.2 Å². The van der Waals surface area contributed by atoms with Crippen LogP contribution in [0.4, 0.5) is 0 Å². The van der Waals surface area contributed by atoms with Gasteiger partial charge in [-0.1, -0.05) is 0 Å². The minimum absolute atomic E-state index is 0. The van der Waals surface area contributed by atoms with Gasteiger partial charge >= 0.3 is 119 Å². The van der Waals surface area contributed by atoms with Gasteiger partial charge in [-0.25, -0.2) is 12.1 Å². The minimum atomic E-state index is 0. The van der Waals surface area contributed by atoms with E-state index in [4.69, 9.17) is 0 Å². The summed E-state index contributed by atoms with van der Waals surface area (Å²) in [5, 5.41) is 0.